The summed E-state index contributed by atoms with van der Waals surface area (Å²) in [6.07, 6.45) is 4.08. The van der Waals surface area contributed by atoms with Crippen molar-refractivity contribution < 1.29 is 4.79 Å². The molecule has 2 N–H and O–H groups in total. The number of halogens is 1. The van der Waals surface area contributed by atoms with Crippen LogP contribution >= 0.6 is 12.4 Å². The zero-order valence-corrected chi connectivity index (χ0v) is 12.3. The van der Waals surface area contributed by atoms with Crippen molar-refractivity contribution in [1.29, 1.82) is 0 Å². The number of carbonyl (C=O) groups is 1. The van der Waals surface area contributed by atoms with E-state index in [0.717, 1.165) is 19.5 Å². The average Bonchev–Trinajstić information content (AvgIpc) is 2.73. The van der Waals surface area contributed by atoms with E-state index in [1.54, 1.807) is 0 Å². The topological polar surface area (TPSA) is 49.6 Å². The summed E-state index contributed by atoms with van der Waals surface area (Å²) in [4.78, 5) is 16.8. The molecule has 5 heteroatoms. The summed E-state index contributed by atoms with van der Waals surface area (Å²) < 4.78 is 0. The number of hydrogen-bond acceptors (Lipinski definition) is 3. The van der Waals surface area contributed by atoms with E-state index >= 15 is 0 Å². The summed E-state index contributed by atoms with van der Waals surface area (Å²) in [5, 5.41) is 0. The van der Waals surface area contributed by atoms with Gasteiger partial charge in [0.2, 0.25) is 5.91 Å². The molecule has 2 rings (SSSR count). The highest BCUT2D eigenvalue weighted by Gasteiger charge is 2.37. The third-order valence-corrected chi connectivity index (χ3v) is 4.08. The van der Waals surface area contributed by atoms with Crippen LogP contribution in [-0.4, -0.2) is 53.5 Å². The van der Waals surface area contributed by atoms with Crippen molar-refractivity contribution in [2.75, 3.05) is 19.6 Å². The molecule has 0 saturated carbocycles. The number of fused-ring (bicyclic) bond motifs is 1. The molecule has 1 amide bonds. The van der Waals surface area contributed by atoms with E-state index in [9.17, 15) is 4.79 Å². The average molecular weight is 276 g/mol. The summed E-state index contributed by atoms with van der Waals surface area (Å²) >= 11 is 0. The molecule has 0 aliphatic carbocycles. The molecule has 2 fully saturated rings. The van der Waals surface area contributed by atoms with Gasteiger partial charge in [-0.2, -0.15) is 0 Å². The Morgan fingerprint density at radius 3 is 2.78 bits per heavy atom. The minimum atomic E-state index is -0.0263. The summed E-state index contributed by atoms with van der Waals surface area (Å²) in [7, 11) is 0. The van der Waals surface area contributed by atoms with E-state index in [0.29, 0.717) is 18.5 Å². The Morgan fingerprint density at radius 2 is 2.17 bits per heavy atom. The van der Waals surface area contributed by atoms with Gasteiger partial charge in [0.1, 0.15) is 0 Å². The van der Waals surface area contributed by atoms with Crippen LogP contribution in [0.25, 0.3) is 0 Å². The molecule has 0 aromatic rings. The molecule has 2 heterocycles. The van der Waals surface area contributed by atoms with Crippen molar-refractivity contribution >= 4 is 18.3 Å². The molecule has 106 valence electrons. The fraction of sp³-hybridized carbons (Fsp3) is 0.923. The summed E-state index contributed by atoms with van der Waals surface area (Å²) in [5.74, 6) is 0.249. The quantitative estimate of drug-likeness (QED) is 0.843. The van der Waals surface area contributed by atoms with Crippen LogP contribution in [0.15, 0.2) is 0 Å². The van der Waals surface area contributed by atoms with Gasteiger partial charge in [0.05, 0.1) is 0 Å². The van der Waals surface area contributed by atoms with Gasteiger partial charge in [-0.25, -0.2) is 0 Å². The van der Waals surface area contributed by atoms with Crippen molar-refractivity contribution in [1.82, 2.24) is 9.80 Å². The van der Waals surface area contributed by atoms with Crippen molar-refractivity contribution in [2.45, 2.75) is 57.7 Å². The van der Waals surface area contributed by atoms with Crippen LogP contribution in [0, 0.1) is 0 Å². The Labute approximate surface area is 116 Å². The van der Waals surface area contributed by atoms with Crippen LogP contribution in [-0.2, 0) is 4.79 Å². The predicted molar refractivity (Wildman–Crippen MR) is 75.9 cm³/mol. The van der Waals surface area contributed by atoms with Gasteiger partial charge in [-0.3, -0.25) is 9.69 Å². The van der Waals surface area contributed by atoms with E-state index in [1.807, 2.05) is 6.92 Å². The van der Waals surface area contributed by atoms with Crippen molar-refractivity contribution in [2.24, 2.45) is 5.73 Å². The van der Waals surface area contributed by atoms with Crippen molar-refractivity contribution in [3.05, 3.63) is 0 Å². The van der Waals surface area contributed by atoms with Crippen molar-refractivity contribution in [3.8, 4) is 0 Å². The molecule has 4 nitrogen and oxygen atoms in total. The highest BCUT2D eigenvalue weighted by Crippen LogP contribution is 2.26. The molecular weight excluding hydrogens is 250 g/mol. The fourth-order valence-electron chi connectivity index (χ4n) is 3.14. The maximum Gasteiger partial charge on any atom is 0.224 e. The van der Waals surface area contributed by atoms with Gasteiger partial charge < -0.3 is 10.6 Å². The van der Waals surface area contributed by atoms with Gasteiger partial charge in [0.15, 0.2) is 0 Å². The number of nitrogens with zero attached hydrogens (tertiary/aromatic N) is 2. The minimum absolute atomic E-state index is 0. The maximum absolute atomic E-state index is 12.2. The number of hydrogen-bond donors (Lipinski definition) is 1. The van der Waals surface area contributed by atoms with Gasteiger partial charge in [-0.05, 0) is 32.7 Å². The summed E-state index contributed by atoms with van der Waals surface area (Å²) in [6.45, 7) is 7.28. The number of rotatable bonds is 3. The van der Waals surface area contributed by atoms with Gasteiger partial charge >= 0.3 is 0 Å². The molecule has 3 atom stereocenters. The smallest absolute Gasteiger partial charge is 0.224 e. The van der Waals surface area contributed by atoms with Crippen LogP contribution in [0.3, 0.4) is 0 Å². The maximum atomic E-state index is 12.2. The van der Waals surface area contributed by atoms with Crippen molar-refractivity contribution in [3.63, 3.8) is 0 Å². The molecule has 18 heavy (non-hydrogen) atoms. The number of nitrogens with two attached hydrogens (primary N) is 1. The summed E-state index contributed by atoms with van der Waals surface area (Å²) in [5.41, 5.74) is 5.74. The molecule has 0 bridgehead atoms. The van der Waals surface area contributed by atoms with Crippen LogP contribution in [0.2, 0.25) is 0 Å². The van der Waals surface area contributed by atoms with E-state index < -0.39 is 0 Å². The molecule has 0 spiro atoms. The van der Waals surface area contributed by atoms with Crippen LogP contribution in [0.4, 0.5) is 0 Å². The lowest BCUT2D eigenvalue weighted by Crippen LogP contribution is -2.58. The molecule has 2 aliphatic rings. The first kappa shape index (κ1) is 15.7. The van der Waals surface area contributed by atoms with Gasteiger partial charge in [0, 0.05) is 37.6 Å². The first-order valence-corrected chi connectivity index (χ1v) is 6.91. The predicted octanol–water partition coefficient (Wildman–Crippen LogP) is 1.23. The molecule has 0 radical (unpaired) electrons. The normalized spacial score (nSPS) is 29.6. The lowest BCUT2D eigenvalue weighted by atomic mass is 10.0. The largest absolute Gasteiger partial charge is 0.337 e. The van der Waals surface area contributed by atoms with E-state index in [4.69, 9.17) is 5.73 Å². The number of piperazine rings is 1. The zero-order chi connectivity index (χ0) is 12.4. The van der Waals surface area contributed by atoms with Gasteiger partial charge in [-0.15, -0.1) is 12.4 Å². The highest BCUT2D eigenvalue weighted by molar-refractivity contribution is 5.85. The number of amides is 1. The van der Waals surface area contributed by atoms with Crippen LogP contribution in [0.1, 0.15) is 39.5 Å². The first-order valence-electron chi connectivity index (χ1n) is 6.91. The van der Waals surface area contributed by atoms with Crippen LogP contribution < -0.4 is 5.73 Å². The Hall–Kier alpha value is -0.320. The Morgan fingerprint density at radius 1 is 1.44 bits per heavy atom. The van der Waals surface area contributed by atoms with Crippen LogP contribution in [0.5, 0.6) is 0 Å². The lowest BCUT2D eigenvalue weighted by Gasteiger charge is -2.43. The molecule has 3 unspecified atom stereocenters. The third-order valence-electron chi connectivity index (χ3n) is 4.08. The lowest BCUT2D eigenvalue weighted by molar-refractivity contribution is -0.137. The second-order valence-corrected chi connectivity index (χ2v) is 5.58. The summed E-state index contributed by atoms with van der Waals surface area (Å²) in [6, 6.07) is 0.979. The fourth-order valence-corrected chi connectivity index (χ4v) is 3.14. The monoisotopic (exact) mass is 275 g/mol. The van der Waals surface area contributed by atoms with E-state index in [2.05, 4.69) is 16.7 Å². The highest BCUT2D eigenvalue weighted by atomic mass is 35.5. The standard InChI is InChI=1S/C13H25N3O.ClH/c1-3-11-8-15-6-4-5-12(15)9-16(11)13(17)7-10(2)14;/h10-12H,3-9,14H2,1-2H3;1H. The van der Waals surface area contributed by atoms with Gasteiger partial charge in [0.25, 0.3) is 0 Å². The Balaban J connectivity index is 0.00000162. The second kappa shape index (κ2) is 6.73. The minimum Gasteiger partial charge on any atom is -0.337 e. The molecule has 2 saturated heterocycles. The third kappa shape index (κ3) is 3.37. The van der Waals surface area contributed by atoms with Gasteiger partial charge in [-0.1, -0.05) is 6.92 Å². The molecule has 2 aliphatic heterocycles. The SMILES string of the molecule is CCC1CN2CCCC2CN1C(=O)CC(C)N.Cl. The Kier molecular flexibility index (Phi) is 5.89. The molecule has 0 aromatic carbocycles. The number of carbonyl (C=O) groups excluding carboxylic acids is 1. The molecule has 0 aromatic heterocycles. The zero-order valence-electron chi connectivity index (χ0n) is 11.5. The first-order chi connectivity index (χ1) is 8.11. The molecular formula is C13H26ClN3O. The Bertz CT molecular complexity index is 285. The van der Waals surface area contributed by atoms with E-state index in [1.165, 1.54) is 19.4 Å². The van der Waals surface area contributed by atoms with E-state index in [-0.39, 0.29) is 24.4 Å². The second-order valence-electron chi connectivity index (χ2n) is 5.58.